The molecule has 15 heavy (non-hydrogen) atoms. The van der Waals surface area contributed by atoms with E-state index in [2.05, 4.69) is 27.7 Å². The summed E-state index contributed by atoms with van der Waals surface area (Å²) >= 11 is 0. The second-order valence-electron chi connectivity index (χ2n) is 4.59. The van der Waals surface area contributed by atoms with E-state index in [0.717, 1.165) is 0 Å². The lowest BCUT2D eigenvalue weighted by atomic mass is 9.92. The molecule has 0 unspecified atom stereocenters. The molecule has 0 radical (unpaired) electrons. The molecule has 3 nitrogen and oxygen atoms in total. The van der Waals surface area contributed by atoms with E-state index in [-0.39, 0.29) is 18.3 Å². The van der Waals surface area contributed by atoms with Gasteiger partial charge in [-0.2, -0.15) is 0 Å². The van der Waals surface area contributed by atoms with E-state index < -0.39 is 0 Å². The fourth-order valence-corrected chi connectivity index (χ4v) is 2.03. The third-order valence-corrected chi connectivity index (χ3v) is 2.78. The van der Waals surface area contributed by atoms with Gasteiger partial charge in [-0.25, -0.2) is 0 Å². The van der Waals surface area contributed by atoms with Crippen LogP contribution in [0.2, 0.25) is 0 Å². The molecule has 0 bridgehead atoms. The van der Waals surface area contributed by atoms with Gasteiger partial charge in [0.15, 0.2) is 0 Å². The topological polar surface area (TPSA) is 27.7 Å². The van der Waals surface area contributed by atoms with Crippen LogP contribution in [-0.4, -0.2) is 39.6 Å². The first kappa shape index (κ1) is 14.9. The predicted octanol–water partition coefficient (Wildman–Crippen LogP) is 2.34. The second-order valence-corrected chi connectivity index (χ2v) is 4.59. The Morgan fingerprint density at radius 1 is 0.533 bits per heavy atom. The van der Waals surface area contributed by atoms with Gasteiger partial charge < -0.3 is 14.2 Å². The van der Waals surface area contributed by atoms with E-state index in [1.165, 1.54) is 0 Å². The molecule has 0 saturated heterocycles. The highest BCUT2D eigenvalue weighted by Crippen LogP contribution is 2.22. The van der Waals surface area contributed by atoms with Crippen LogP contribution in [-0.2, 0) is 14.2 Å². The highest BCUT2D eigenvalue weighted by molar-refractivity contribution is 4.83. The molecule has 0 aromatic rings. The Labute approximate surface area is 94.1 Å². The van der Waals surface area contributed by atoms with Crippen LogP contribution in [0.5, 0.6) is 0 Å². The van der Waals surface area contributed by atoms with Gasteiger partial charge in [0.2, 0.25) is 0 Å². The quantitative estimate of drug-likeness (QED) is 0.656. The van der Waals surface area contributed by atoms with Crippen LogP contribution in [0.1, 0.15) is 27.7 Å². The summed E-state index contributed by atoms with van der Waals surface area (Å²) in [7, 11) is 5.17. The zero-order valence-corrected chi connectivity index (χ0v) is 11.1. The lowest BCUT2D eigenvalue weighted by Crippen LogP contribution is -2.46. The SMILES string of the molecule is CO[C@H]([C@H](OC)C(C)C)[C@@H](OC)C(C)C. The molecule has 0 aromatic heterocycles. The molecule has 0 saturated carbocycles. The third kappa shape index (κ3) is 4.09. The predicted molar refractivity (Wildman–Crippen MR) is 62.1 cm³/mol. The zero-order valence-electron chi connectivity index (χ0n) is 11.1. The summed E-state index contributed by atoms with van der Waals surface area (Å²) in [6.45, 7) is 8.53. The van der Waals surface area contributed by atoms with Crippen molar-refractivity contribution in [3.63, 3.8) is 0 Å². The summed E-state index contributed by atoms with van der Waals surface area (Å²) in [6.07, 6.45) is 0.129. The van der Waals surface area contributed by atoms with E-state index in [4.69, 9.17) is 14.2 Å². The first-order valence-corrected chi connectivity index (χ1v) is 5.57. The second kappa shape index (κ2) is 7.20. The van der Waals surface area contributed by atoms with Gasteiger partial charge in [-0.05, 0) is 11.8 Å². The maximum absolute atomic E-state index is 5.53. The lowest BCUT2D eigenvalue weighted by Gasteiger charge is -2.35. The van der Waals surface area contributed by atoms with Crippen molar-refractivity contribution in [1.82, 2.24) is 0 Å². The highest BCUT2D eigenvalue weighted by atomic mass is 16.6. The average molecular weight is 218 g/mol. The Balaban J connectivity index is 4.68. The summed E-state index contributed by atoms with van der Waals surface area (Å²) in [5.41, 5.74) is 0. The smallest absolute Gasteiger partial charge is 0.110 e. The first-order chi connectivity index (χ1) is 6.99. The van der Waals surface area contributed by atoms with Gasteiger partial charge in [0.25, 0.3) is 0 Å². The van der Waals surface area contributed by atoms with Crippen LogP contribution >= 0.6 is 0 Å². The Kier molecular flexibility index (Phi) is 7.14. The minimum Gasteiger partial charge on any atom is -0.378 e. The number of methoxy groups -OCH3 is 3. The van der Waals surface area contributed by atoms with E-state index in [0.29, 0.717) is 11.8 Å². The lowest BCUT2D eigenvalue weighted by molar-refractivity contribution is -0.132. The van der Waals surface area contributed by atoms with Crippen LogP contribution in [0.25, 0.3) is 0 Å². The number of hydrogen-bond donors (Lipinski definition) is 0. The highest BCUT2D eigenvalue weighted by Gasteiger charge is 2.33. The van der Waals surface area contributed by atoms with Crippen molar-refractivity contribution in [2.24, 2.45) is 11.8 Å². The van der Waals surface area contributed by atoms with Gasteiger partial charge in [-0.15, -0.1) is 0 Å². The molecule has 0 N–H and O–H groups in total. The van der Waals surface area contributed by atoms with E-state index in [1.807, 2.05) is 0 Å². The number of ether oxygens (including phenoxy) is 3. The molecule has 0 amide bonds. The molecular formula is C12H26O3. The van der Waals surface area contributed by atoms with Crippen molar-refractivity contribution >= 4 is 0 Å². The van der Waals surface area contributed by atoms with E-state index in [9.17, 15) is 0 Å². The fourth-order valence-electron chi connectivity index (χ4n) is 2.03. The largest absolute Gasteiger partial charge is 0.378 e. The monoisotopic (exact) mass is 218 g/mol. The van der Waals surface area contributed by atoms with Crippen LogP contribution in [0.3, 0.4) is 0 Å². The molecule has 0 aromatic carbocycles. The van der Waals surface area contributed by atoms with E-state index >= 15 is 0 Å². The van der Waals surface area contributed by atoms with Crippen LogP contribution in [0.15, 0.2) is 0 Å². The minimum absolute atomic E-state index is 0.0139. The Bertz CT molecular complexity index is 141. The average Bonchev–Trinajstić information content (AvgIpc) is 2.16. The van der Waals surface area contributed by atoms with Crippen molar-refractivity contribution in [1.29, 1.82) is 0 Å². The fraction of sp³-hybridized carbons (Fsp3) is 1.00. The summed E-state index contributed by atoms with van der Waals surface area (Å²) in [4.78, 5) is 0. The molecule has 0 aliphatic rings. The molecule has 0 aliphatic heterocycles. The molecule has 0 fully saturated rings. The van der Waals surface area contributed by atoms with Crippen molar-refractivity contribution in [2.45, 2.75) is 46.0 Å². The molecule has 92 valence electrons. The Hall–Kier alpha value is -0.120. The maximum Gasteiger partial charge on any atom is 0.110 e. The van der Waals surface area contributed by atoms with Gasteiger partial charge in [0.1, 0.15) is 6.10 Å². The normalized spacial score (nSPS) is 18.2. The standard InChI is InChI=1S/C12H26O3/c1-8(2)10(13-5)12(15-7)11(14-6)9(3)4/h8-12H,1-7H3/t10-,11+,12-. The van der Waals surface area contributed by atoms with Gasteiger partial charge in [-0.1, -0.05) is 27.7 Å². The molecule has 0 rings (SSSR count). The van der Waals surface area contributed by atoms with E-state index in [1.54, 1.807) is 21.3 Å². The maximum atomic E-state index is 5.53. The summed E-state index contributed by atoms with van der Waals surface area (Å²) in [5.74, 6) is 0.827. The van der Waals surface area contributed by atoms with Gasteiger partial charge in [0.05, 0.1) is 12.2 Å². The molecule has 3 atom stereocenters. The third-order valence-electron chi connectivity index (χ3n) is 2.78. The molecular weight excluding hydrogens is 192 g/mol. The first-order valence-electron chi connectivity index (χ1n) is 5.57. The van der Waals surface area contributed by atoms with Gasteiger partial charge in [-0.3, -0.25) is 0 Å². The van der Waals surface area contributed by atoms with Crippen molar-refractivity contribution in [3.8, 4) is 0 Å². The van der Waals surface area contributed by atoms with Crippen LogP contribution < -0.4 is 0 Å². The van der Waals surface area contributed by atoms with Gasteiger partial charge >= 0.3 is 0 Å². The van der Waals surface area contributed by atoms with Crippen molar-refractivity contribution in [2.75, 3.05) is 21.3 Å². The molecule has 0 spiro atoms. The Morgan fingerprint density at radius 3 is 0.933 bits per heavy atom. The summed E-state index contributed by atoms with van der Waals surface area (Å²) in [6, 6.07) is 0. The summed E-state index contributed by atoms with van der Waals surface area (Å²) < 4.78 is 16.5. The number of hydrogen-bond acceptors (Lipinski definition) is 3. The number of rotatable bonds is 7. The van der Waals surface area contributed by atoms with Crippen molar-refractivity contribution in [3.05, 3.63) is 0 Å². The van der Waals surface area contributed by atoms with Crippen LogP contribution in [0.4, 0.5) is 0 Å². The van der Waals surface area contributed by atoms with Crippen LogP contribution in [0, 0.1) is 11.8 Å². The van der Waals surface area contributed by atoms with Crippen molar-refractivity contribution < 1.29 is 14.2 Å². The molecule has 3 heteroatoms. The summed E-state index contributed by atoms with van der Waals surface area (Å²) in [5, 5.41) is 0. The molecule has 0 heterocycles. The van der Waals surface area contributed by atoms with Gasteiger partial charge in [0, 0.05) is 21.3 Å². The minimum atomic E-state index is -0.0139. The zero-order chi connectivity index (χ0) is 12.0. The molecule has 0 aliphatic carbocycles. The Morgan fingerprint density at radius 2 is 0.800 bits per heavy atom.